The van der Waals surface area contributed by atoms with Crippen molar-refractivity contribution in [1.82, 2.24) is 0 Å². The molecule has 0 unspecified atom stereocenters. The van der Waals surface area contributed by atoms with Crippen LogP contribution in [0.25, 0.3) is 0 Å². The van der Waals surface area contributed by atoms with Crippen LogP contribution in [0.4, 0.5) is 5.69 Å². The molecule has 0 atom stereocenters. The number of anilines is 1. The molecule has 0 fully saturated rings. The van der Waals surface area contributed by atoms with E-state index in [2.05, 4.69) is 10.1 Å². The van der Waals surface area contributed by atoms with E-state index in [-0.39, 0.29) is 0 Å². The molecule has 0 aliphatic heterocycles. The van der Waals surface area contributed by atoms with Gasteiger partial charge in [-0.1, -0.05) is 18.2 Å². The van der Waals surface area contributed by atoms with E-state index in [4.69, 9.17) is 1.37 Å². The summed E-state index contributed by atoms with van der Waals surface area (Å²) in [7, 11) is 1.32. The summed E-state index contributed by atoms with van der Waals surface area (Å²) in [6.45, 7) is 1.74. The third-order valence-corrected chi connectivity index (χ3v) is 1.58. The summed E-state index contributed by atoms with van der Waals surface area (Å²) in [4.78, 5) is 10.9. The zero-order valence-corrected chi connectivity index (χ0v) is 8.20. The molecule has 1 aromatic carbocycles. The summed E-state index contributed by atoms with van der Waals surface area (Å²) in [5.74, 6) is -0.414. The SMILES string of the molecule is [2H]c1ccccc1N/C(C)=C\C(=O)OC. The Balaban J connectivity index is 2.74. The Kier molecular flexibility index (Phi) is 3.19. The molecule has 0 saturated heterocycles. The quantitative estimate of drug-likeness (QED) is 0.589. The highest BCUT2D eigenvalue weighted by atomic mass is 16.5. The van der Waals surface area contributed by atoms with Crippen LogP contribution in [-0.2, 0) is 9.53 Å². The van der Waals surface area contributed by atoms with Crippen molar-refractivity contribution in [3.63, 3.8) is 0 Å². The van der Waals surface area contributed by atoms with Gasteiger partial charge in [0.1, 0.15) is 0 Å². The Labute approximate surface area is 84.8 Å². The van der Waals surface area contributed by atoms with Gasteiger partial charge in [-0.2, -0.15) is 0 Å². The van der Waals surface area contributed by atoms with Crippen molar-refractivity contribution in [3.05, 3.63) is 42.1 Å². The van der Waals surface area contributed by atoms with E-state index in [1.807, 2.05) is 6.07 Å². The van der Waals surface area contributed by atoms with Crippen LogP contribution in [0.2, 0.25) is 0 Å². The number of hydrogen-bond acceptors (Lipinski definition) is 3. The van der Waals surface area contributed by atoms with Crippen LogP contribution in [0.3, 0.4) is 0 Å². The van der Waals surface area contributed by atoms with Crippen LogP contribution in [0, 0.1) is 0 Å². The van der Waals surface area contributed by atoms with Gasteiger partial charge >= 0.3 is 5.97 Å². The van der Waals surface area contributed by atoms with Gasteiger partial charge in [-0.05, 0) is 19.0 Å². The lowest BCUT2D eigenvalue weighted by Gasteiger charge is -2.05. The number of carbonyl (C=O) groups excluding carboxylic acids is 1. The minimum absolute atomic E-state index is 0.384. The average Bonchev–Trinajstić information content (AvgIpc) is 2.21. The van der Waals surface area contributed by atoms with E-state index in [0.717, 1.165) is 0 Å². The third kappa shape index (κ3) is 3.31. The molecule has 0 saturated carbocycles. The number of hydrogen-bond donors (Lipinski definition) is 1. The zero-order valence-electron chi connectivity index (χ0n) is 9.20. The van der Waals surface area contributed by atoms with E-state index >= 15 is 0 Å². The lowest BCUT2D eigenvalue weighted by Crippen LogP contribution is -2.01. The molecule has 3 nitrogen and oxygen atoms in total. The summed E-state index contributed by atoms with van der Waals surface area (Å²) in [6, 6.07) is 7.44. The lowest BCUT2D eigenvalue weighted by molar-refractivity contribution is -0.134. The van der Waals surface area contributed by atoms with Crippen molar-refractivity contribution in [3.8, 4) is 0 Å². The first kappa shape index (κ1) is 8.81. The van der Waals surface area contributed by atoms with Crippen LogP contribution < -0.4 is 5.32 Å². The number of nitrogens with one attached hydrogen (secondary N) is 1. The summed E-state index contributed by atoms with van der Waals surface area (Å²) >= 11 is 0. The molecular weight excluding hydrogens is 178 g/mol. The highest BCUT2D eigenvalue weighted by Crippen LogP contribution is 2.08. The summed E-state index contributed by atoms with van der Waals surface area (Å²) < 4.78 is 12.1. The Morgan fingerprint density at radius 1 is 1.57 bits per heavy atom. The van der Waals surface area contributed by atoms with Gasteiger partial charge in [0.15, 0.2) is 0 Å². The molecule has 1 rings (SSSR count). The Hall–Kier alpha value is -1.77. The smallest absolute Gasteiger partial charge is 0.332 e. The zero-order chi connectivity index (χ0) is 11.3. The minimum atomic E-state index is -0.414. The molecule has 0 spiro atoms. The molecule has 0 amide bonds. The fraction of sp³-hybridized carbons (Fsp3) is 0.182. The summed E-state index contributed by atoms with van der Waals surface area (Å²) in [5.41, 5.74) is 1.30. The molecule has 0 aliphatic carbocycles. The van der Waals surface area contributed by atoms with Gasteiger partial charge in [0.25, 0.3) is 0 Å². The van der Waals surface area contributed by atoms with Gasteiger partial charge in [-0.3, -0.25) is 0 Å². The van der Waals surface area contributed by atoms with Crippen molar-refractivity contribution in [2.75, 3.05) is 12.4 Å². The van der Waals surface area contributed by atoms with E-state index in [1.54, 1.807) is 25.1 Å². The number of carbonyl (C=O) groups is 1. The molecule has 74 valence electrons. The average molecular weight is 192 g/mol. The van der Waals surface area contributed by atoms with E-state index in [9.17, 15) is 4.79 Å². The standard InChI is InChI=1S/C11H13NO2/c1-9(8-11(13)14-2)12-10-6-4-3-5-7-10/h3-8,12H,1-2H3/b9-8-/i6D. The second-order valence-electron chi connectivity index (χ2n) is 2.75. The maximum atomic E-state index is 10.9. The molecule has 14 heavy (non-hydrogen) atoms. The van der Waals surface area contributed by atoms with Gasteiger partial charge in [-0.25, -0.2) is 4.79 Å². The van der Waals surface area contributed by atoms with Crippen LogP contribution in [0.5, 0.6) is 0 Å². The number of para-hydroxylation sites is 1. The van der Waals surface area contributed by atoms with E-state index < -0.39 is 5.97 Å². The van der Waals surface area contributed by atoms with Crippen LogP contribution >= 0.6 is 0 Å². The largest absolute Gasteiger partial charge is 0.466 e. The monoisotopic (exact) mass is 192 g/mol. The molecule has 0 aromatic heterocycles. The number of benzene rings is 1. The van der Waals surface area contributed by atoms with Gasteiger partial charge in [0.2, 0.25) is 0 Å². The van der Waals surface area contributed by atoms with Crippen molar-refractivity contribution in [2.24, 2.45) is 0 Å². The maximum Gasteiger partial charge on any atom is 0.332 e. The Morgan fingerprint density at radius 2 is 2.36 bits per heavy atom. The van der Waals surface area contributed by atoms with Crippen molar-refractivity contribution >= 4 is 11.7 Å². The number of ether oxygens (including phenoxy) is 1. The van der Waals surface area contributed by atoms with E-state index in [0.29, 0.717) is 17.4 Å². The minimum Gasteiger partial charge on any atom is -0.466 e. The lowest BCUT2D eigenvalue weighted by atomic mass is 10.3. The third-order valence-electron chi connectivity index (χ3n) is 1.58. The fourth-order valence-corrected chi connectivity index (χ4v) is 0.955. The Morgan fingerprint density at radius 3 is 3.00 bits per heavy atom. The number of esters is 1. The number of rotatable bonds is 3. The van der Waals surface area contributed by atoms with Gasteiger partial charge in [-0.15, -0.1) is 0 Å². The topological polar surface area (TPSA) is 38.3 Å². The van der Waals surface area contributed by atoms with Crippen LogP contribution in [-0.4, -0.2) is 13.1 Å². The van der Waals surface area contributed by atoms with Gasteiger partial charge in [0, 0.05) is 17.5 Å². The van der Waals surface area contributed by atoms with Crippen molar-refractivity contribution in [2.45, 2.75) is 6.92 Å². The second-order valence-corrected chi connectivity index (χ2v) is 2.75. The van der Waals surface area contributed by atoms with E-state index in [1.165, 1.54) is 13.2 Å². The predicted octanol–water partition coefficient (Wildman–Crippen LogP) is 2.18. The second kappa shape index (κ2) is 5.07. The molecule has 0 radical (unpaired) electrons. The molecule has 1 N–H and O–H groups in total. The maximum absolute atomic E-state index is 10.9. The van der Waals surface area contributed by atoms with Crippen LogP contribution in [0.15, 0.2) is 42.1 Å². The molecule has 1 aromatic rings. The molecule has 3 heteroatoms. The van der Waals surface area contributed by atoms with Crippen molar-refractivity contribution in [1.29, 1.82) is 0 Å². The normalized spacial score (nSPS) is 11.9. The van der Waals surface area contributed by atoms with Crippen molar-refractivity contribution < 1.29 is 10.9 Å². The first-order chi connectivity index (χ1) is 7.13. The predicted molar refractivity (Wildman–Crippen MR) is 55.8 cm³/mol. The summed E-state index contributed by atoms with van der Waals surface area (Å²) in [5, 5.41) is 2.95. The first-order valence-electron chi connectivity index (χ1n) is 4.72. The fourth-order valence-electron chi connectivity index (χ4n) is 0.955. The van der Waals surface area contributed by atoms with Gasteiger partial charge in [0.05, 0.1) is 8.48 Å². The molecule has 0 heterocycles. The van der Waals surface area contributed by atoms with Crippen LogP contribution in [0.1, 0.15) is 8.29 Å². The molecular formula is C11H13NO2. The molecule has 0 aliphatic rings. The highest BCUT2D eigenvalue weighted by Gasteiger charge is 1.96. The highest BCUT2D eigenvalue weighted by molar-refractivity contribution is 5.83. The number of allylic oxidation sites excluding steroid dienone is 1. The summed E-state index contributed by atoms with van der Waals surface area (Å²) in [6.07, 6.45) is 1.34. The molecule has 0 bridgehead atoms. The van der Waals surface area contributed by atoms with Gasteiger partial charge < -0.3 is 10.1 Å². The first-order valence-corrected chi connectivity index (χ1v) is 4.22. The number of methoxy groups -OCH3 is 1. The Bertz CT molecular complexity index is 388.